The Labute approximate surface area is 136 Å². The van der Waals surface area contributed by atoms with E-state index >= 15 is 0 Å². The molecule has 1 amide bonds. The molecule has 0 aromatic carbocycles. The average molecular weight is 316 g/mol. The number of carbonyl (C=O) groups is 1. The van der Waals surface area contributed by atoms with E-state index in [0.29, 0.717) is 12.5 Å². The van der Waals surface area contributed by atoms with Crippen molar-refractivity contribution < 1.29 is 4.79 Å². The van der Waals surface area contributed by atoms with Gasteiger partial charge in [-0.15, -0.1) is 0 Å². The zero-order chi connectivity index (χ0) is 16.6. The minimum atomic E-state index is -0.375. The zero-order valence-corrected chi connectivity index (χ0v) is 14.5. The number of nitrogens with two attached hydrogens (primary N) is 2. The summed E-state index contributed by atoms with van der Waals surface area (Å²) < 4.78 is 0. The Hall–Kier alpha value is -0.690. The Morgan fingerprint density at radius 2 is 1.45 bits per heavy atom. The highest BCUT2D eigenvalue weighted by Gasteiger charge is 2.13. The van der Waals surface area contributed by atoms with E-state index in [-0.39, 0.29) is 11.9 Å². The van der Waals surface area contributed by atoms with E-state index in [9.17, 15) is 4.79 Å². The molecule has 0 unspecified atom stereocenters. The second-order valence-electron chi connectivity index (χ2n) is 6.23. The molecule has 0 radical (unpaired) electrons. The maximum Gasteiger partial charge on any atom is 0.236 e. The molecule has 0 heterocycles. The molecule has 0 aliphatic rings. The maximum atomic E-state index is 11.7. The van der Waals surface area contributed by atoms with Gasteiger partial charge < -0.3 is 27.4 Å². The van der Waals surface area contributed by atoms with Gasteiger partial charge in [0.15, 0.2) is 0 Å². The van der Waals surface area contributed by atoms with Crippen molar-refractivity contribution >= 4 is 5.91 Å². The number of nitrogens with one attached hydrogen (secondary N) is 3. The van der Waals surface area contributed by atoms with Crippen molar-refractivity contribution in [2.75, 3.05) is 39.3 Å². The normalized spacial score (nSPS) is 12.6. The van der Waals surface area contributed by atoms with Gasteiger partial charge in [-0.3, -0.25) is 4.79 Å². The summed E-state index contributed by atoms with van der Waals surface area (Å²) in [4.78, 5) is 11.7. The highest BCUT2D eigenvalue weighted by molar-refractivity contribution is 5.81. The van der Waals surface area contributed by atoms with Crippen molar-refractivity contribution in [3.8, 4) is 0 Å². The molecule has 0 aromatic heterocycles. The largest absolute Gasteiger partial charge is 0.355 e. The van der Waals surface area contributed by atoms with Gasteiger partial charge in [0.1, 0.15) is 0 Å². The van der Waals surface area contributed by atoms with Crippen LogP contribution in [-0.2, 0) is 4.79 Å². The Kier molecular flexibility index (Phi) is 14.7. The third kappa shape index (κ3) is 14.3. The van der Waals surface area contributed by atoms with Gasteiger partial charge in [0.05, 0.1) is 6.04 Å². The minimum absolute atomic E-state index is 0.0303. The topological polar surface area (TPSA) is 105 Å². The molecule has 0 aliphatic carbocycles. The fraction of sp³-hybridized carbons (Fsp3) is 0.938. The Balaban J connectivity index is 3.24. The molecule has 6 heteroatoms. The molecule has 0 rings (SSSR count). The molecule has 6 nitrogen and oxygen atoms in total. The van der Waals surface area contributed by atoms with Gasteiger partial charge in [-0.2, -0.15) is 0 Å². The first kappa shape index (κ1) is 21.3. The van der Waals surface area contributed by atoms with Crippen LogP contribution in [0.4, 0.5) is 0 Å². The van der Waals surface area contributed by atoms with Crippen LogP contribution in [0.2, 0.25) is 0 Å². The molecule has 0 aliphatic heterocycles. The van der Waals surface area contributed by atoms with E-state index in [0.717, 1.165) is 52.0 Å². The monoisotopic (exact) mass is 315 g/mol. The van der Waals surface area contributed by atoms with Gasteiger partial charge in [0, 0.05) is 6.54 Å². The predicted octanol–water partition coefficient (Wildman–Crippen LogP) is 0.174. The predicted molar refractivity (Wildman–Crippen MR) is 93.7 cm³/mol. The lowest BCUT2D eigenvalue weighted by Gasteiger charge is -2.14. The smallest absolute Gasteiger partial charge is 0.236 e. The van der Waals surface area contributed by atoms with Crippen LogP contribution in [0.1, 0.15) is 46.0 Å². The number of rotatable bonds is 15. The Morgan fingerprint density at radius 3 is 2.00 bits per heavy atom. The molecule has 22 heavy (non-hydrogen) atoms. The lowest BCUT2D eigenvalue weighted by molar-refractivity contribution is -0.122. The number of carbonyl (C=O) groups excluding carboxylic acids is 1. The molecule has 0 saturated heterocycles. The summed E-state index contributed by atoms with van der Waals surface area (Å²) in [7, 11) is 0. The van der Waals surface area contributed by atoms with Crippen LogP contribution in [0.15, 0.2) is 0 Å². The van der Waals surface area contributed by atoms with Crippen LogP contribution in [0.3, 0.4) is 0 Å². The SMILES string of the molecule is CC(C)C[C@H](N)C(=O)NCCCNCCCCNCCCN. The quantitative estimate of drug-likeness (QED) is 0.277. The number of hydrogen-bond acceptors (Lipinski definition) is 5. The first-order valence-corrected chi connectivity index (χ1v) is 8.72. The molecular weight excluding hydrogens is 278 g/mol. The molecular formula is C16H37N5O. The number of amides is 1. The van der Waals surface area contributed by atoms with Crippen LogP contribution in [0.25, 0.3) is 0 Å². The molecule has 7 N–H and O–H groups in total. The van der Waals surface area contributed by atoms with Crippen molar-refractivity contribution in [1.82, 2.24) is 16.0 Å². The summed E-state index contributed by atoms with van der Waals surface area (Å²) in [6, 6.07) is -0.375. The molecule has 0 fully saturated rings. The van der Waals surface area contributed by atoms with Crippen molar-refractivity contribution in [3.05, 3.63) is 0 Å². The van der Waals surface area contributed by atoms with Crippen molar-refractivity contribution in [3.63, 3.8) is 0 Å². The summed E-state index contributed by atoms with van der Waals surface area (Å²) in [6.07, 6.45) is 5.07. The standard InChI is InChI=1S/C16H37N5O/c1-14(2)13-15(18)16(22)21-12-6-11-20-9-4-3-8-19-10-5-7-17/h14-15,19-20H,3-13,17-18H2,1-2H3,(H,21,22)/t15-/m0/s1. The van der Waals surface area contributed by atoms with Gasteiger partial charge >= 0.3 is 0 Å². The summed E-state index contributed by atoms with van der Waals surface area (Å²) >= 11 is 0. The maximum absolute atomic E-state index is 11.7. The van der Waals surface area contributed by atoms with Gasteiger partial charge in [-0.1, -0.05) is 13.8 Å². The van der Waals surface area contributed by atoms with Crippen LogP contribution in [0.5, 0.6) is 0 Å². The summed E-state index contributed by atoms with van der Waals surface area (Å²) in [6.45, 7) is 9.63. The average Bonchev–Trinajstić information content (AvgIpc) is 2.47. The number of hydrogen-bond donors (Lipinski definition) is 5. The van der Waals surface area contributed by atoms with E-state index in [1.165, 1.54) is 12.8 Å². The van der Waals surface area contributed by atoms with Gasteiger partial charge in [0.2, 0.25) is 5.91 Å². The molecule has 0 bridgehead atoms. The summed E-state index contributed by atoms with van der Waals surface area (Å²) in [5, 5.41) is 9.65. The highest BCUT2D eigenvalue weighted by Crippen LogP contribution is 2.02. The summed E-state index contributed by atoms with van der Waals surface area (Å²) in [5.41, 5.74) is 11.2. The lowest BCUT2D eigenvalue weighted by Crippen LogP contribution is -2.42. The number of unbranched alkanes of at least 4 members (excludes halogenated alkanes) is 1. The van der Waals surface area contributed by atoms with Crippen molar-refractivity contribution in [2.45, 2.75) is 52.0 Å². The third-order valence-corrected chi connectivity index (χ3v) is 3.41. The van der Waals surface area contributed by atoms with Crippen LogP contribution >= 0.6 is 0 Å². The van der Waals surface area contributed by atoms with E-state index in [1.54, 1.807) is 0 Å². The first-order chi connectivity index (χ1) is 10.6. The fourth-order valence-electron chi connectivity index (χ4n) is 2.15. The van der Waals surface area contributed by atoms with E-state index in [1.807, 2.05) is 0 Å². The Morgan fingerprint density at radius 1 is 0.909 bits per heavy atom. The van der Waals surface area contributed by atoms with E-state index in [2.05, 4.69) is 29.8 Å². The third-order valence-electron chi connectivity index (χ3n) is 3.41. The van der Waals surface area contributed by atoms with Crippen molar-refractivity contribution in [1.29, 1.82) is 0 Å². The second kappa shape index (κ2) is 15.2. The Bertz CT molecular complexity index is 261. The molecule has 0 spiro atoms. The van der Waals surface area contributed by atoms with Gasteiger partial charge in [-0.25, -0.2) is 0 Å². The van der Waals surface area contributed by atoms with Gasteiger partial charge in [0.25, 0.3) is 0 Å². The lowest BCUT2D eigenvalue weighted by atomic mass is 10.0. The fourth-order valence-corrected chi connectivity index (χ4v) is 2.15. The highest BCUT2D eigenvalue weighted by atomic mass is 16.2. The summed E-state index contributed by atoms with van der Waals surface area (Å²) in [5.74, 6) is 0.421. The van der Waals surface area contributed by atoms with Crippen molar-refractivity contribution in [2.24, 2.45) is 17.4 Å². The van der Waals surface area contributed by atoms with Crippen LogP contribution in [0, 0.1) is 5.92 Å². The van der Waals surface area contributed by atoms with E-state index < -0.39 is 0 Å². The van der Waals surface area contributed by atoms with Gasteiger partial charge in [-0.05, 0) is 70.7 Å². The minimum Gasteiger partial charge on any atom is -0.355 e. The molecule has 0 aromatic rings. The zero-order valence-electron chi connectivity index (χ0n) is 14.5. The molecule has 132 valence electrons. The second-order valence-corrected chi connectivity index (χ2v) is 6.23. The molecule has 0 saturated carbocycles. The van der Waals surface area contributed by atoms with Crippen LogP contribution < -0.4 is 27.4 Å². The first-order valence-electron chi connectivity index (χ1n) is 8.72. The van der Waals surface area contributed by atoms with E-state index in [4.69, 9.17) is 11.5 Å². The van der Waals surface area contributed by atoms with Crippen LogP contribution in [-0.4, -0.2) is 51.2 Å². The molecule has 1 atom stereocenters.